The van der Waals surface area contributed by atoms with E-state index in [1.807, 2.05) is 0 Å². The number of nitrogens with one attached hydrogen (secondary N) is 2. The van der Waals surface area contributed by atoms with Crippen molar-refractivity contribution in [1.82, 2.24) is 5.32 Å². The van der Waals surface area contributed by atoms with Crippen LogP contribution in [0.4, 0.5) is 5.69 Å². The van der Waals surface area contributed by atoms with Crippen molar-refractivity contribution in [1.29, 1.82) is 0 Å². The Morgan fingerprint density at radius 3 is 2.40 bits per heavy atom. The fraction of sp³-hybridized carbons (Fsp3) is 0.222. The zero-order chi connectivity index (χ0) is 11.3. The summed E-state index contributed by atoms with van der Waals surface area (Å²) in [6, 6.07) is 6.31. The Kier molecular flexibility index (Phi) is 4.29. The van der Waals surface area contributed by atoms with E-state index < -0.39 is 7.12 Å². The topological polar surface area (TPSA) is 81.6 Å². The zero-order valence-electron chi connectivity index (χ0n) is 8.40. The molecule has 0 aliphatic rings. The molecule has 6 heteroatoms. The average Bonchev–Trinajstić information content (AvgIpc) is 2.18. The van der Waals surface area contributed by atoms with Crippen LogP contribution in [0.15, 0.2) is 24.3 Å². The molecule has 15 heavy (non-hydrogen) atoms. The summed E-state index contributed by atoms with van der Waals surface area (Å²) in [5.41, 5.74) is 1.02. The van der Waals surface area contributed by atoms with Crippen LogP contribution < -0.4 is 16.1 Å². The van der Waals surface area contributed by atoms with Crippen molar-refractivity contribution >= 4 is 24.2 Å². The van der Waals surface area contributed by atoms with E-state index in [-0.39, 0.29) is 12.5 Å². The molecular formula is C9H13BN2O3. The number of hydrogen-bond acceptors (Lipinski definition) is 4. The van der Waals surface area contributed by atoms with E-state index in [1.165, 1.54) is 0 Å². The summed E-state index contributed by atoms with van der Waals surface area (Å²) < 4.78 is 0. The third-order valence-corrected chi connectivity index (χ3v) is 1.83. The molecule has 1 aromatic carbocycles. The standard InChI is InChI=1S/C9H13BN2O3/c1-11-6-9(13)12-8-4-2-7(3-5-8)10(14)15/h2-5,11,14-15H,6H2,1H3,(H,12,13). The van der Waals surface area contributed by atoms with Crippen LogP contribution in [0.25, 0.3) is 0 Å². The maximum Gasteiger partial charge on any atom is 0.488 e. The average molecular weight is 208 g/mol. The minimum atomic E-state index is -1.48. The molecule has 0 spiro atoms. The molecule has 0 aliphatic carbocycles. The fourth-order valence-corrected chi connectivity index (χ4v) is 1.10. The van der Waals surface area contributed by atoms with Crippen LogP contribution in [0.3, 0.4) is 0 Å². The molecule has 5 nitrogen and oxygen atoms in total. The van der Waals surface area contributed by atoms with E-state index in [0.29, 0.717) is 11.2 Å². The third-order valence-electron chi connectivity index (χ3n) is 1.83. The molecule has 0 aromatic heterocycles. The van der Waals surface area contributed by atoms with Gasteiger partial charge in [-0.05, 0) is 24.6 Å². The first kappa shape index (κ1) is 11.7. The van der Waals surface area contributed by atoms with Gasteiger partial charge in [-0.25, -0.2) is 0 Å². The first-order valence-electron chi connectivity index (χ1n) is 4.54. The second-order valence-corrected chi connectivity index (χ2v) is 3.07. The summed E-state index contributed by atoms with van der Waals surface area (Å²) in [5, 5.41) is 23.0. The highest BCUT2D eigenvalue weighted by molar-refractivity contribution is 6.58. The Labute approximate surface area is 88.3 Å². The number of anilines is 1. The van der Waals surface area contributed by atoms with E-state index in [1.54, 1.807) is 31.3 Å². The molecule has 1 amide bonds. The van der Waals surface area contributed by atoms with E-state index >= 15 is 0 Å². The molecule has 0 aliphatic heterocycles. The molecule has 1 rings (SSSR count). The molecule has 0 fully saturated rings. The van der Waals surface area contributed by atoms with Gasteiger partial charge in [0.2, 0.25) is 5.91 Å². The predicted molar refractivity (Wildman–Crippen MR) is 58.8 cm³/mol. The molecule has 0 unspecified atom stereocenters. The first-order valence-corrected chi connectivity index (χ1v) is 4.54. The third kappa shape index (κ3) is 3.71. The van der Waals surface area contributed by atoms with Crippen LogP contribution in [0.1, 0.15) is 0 Å². The SMILES string of the molecule is CNCC(=O)Nc1ccc(B(O)O)cc1. The van der Waals surface area contributed by atoms with E-state index in [2.05, 4.69) is 10.6 Å². The van der Waals surface area contributed by atoms with Crippen molar-refractivity contribution < 1.29 is 14.8 Å². The second-order valence-electron chi connectivity index (χ2n) is 3.07. The lowest BCUT2D eigenvalue weighted by atomic mass is 9.80. The number of carbonyl (C=O) groups excluding carboxylic acids is 1. The van der Waals surface area contributed by atoms with E-state index in [9.17, 15) is 4.79 Å². The lowest BCUT2D eigenvalue weighted by molar-refractivity contribution is -0.115. The number of hydrogen-bond donors (Lipinski definition) is 4. The molecule has 0 atom stereocenters. The van der Waals surface area contributed by atoms with Crippen molar-refractivity contribution in [2.24, 2.45) is 0 Å². The fourth-order valence-electron chi connectivity index (χ4n) is 1.10. The van der Waals surface area contributed by atoms with Gasteiger partial charge >= 0.3 is 7.12 Å². The minimum Gasteiger partial charge on any atom is -0.423 e. The molecule has 0 radical (unpaired) electrons. The monoisotopic (exact) mass is 208 g/mol. The van der Waals surface area contributed by atoms with Crippen molar-refractivity contribution in [2.75, 3.05) is 18.9 Å². The van der Waals surface area contributed by atoms with Gasteiger partial charge in [-0.2, -0.15) is 0 Å². The van der Waals surface area contributed by atoms with Gasteiger partial charge in [0.25, 0.3) is 0 Å². The number of carbonyl (C=O) groups is 1. The maximum absolute atomic E-state index is 11.2. The summed E-state index contributed by atoms with van der Waals surface area (Å²) in [7, 11) is 0.206. The van der Waals surface area contributed by atoms with Gasteiger partial charge in [0.1, 0.15) is 0 Å². The van der Waals surface area contributed by atoms with E-state index in [0.717, 1.165) is 0 Å². The summed E-state index contributed by atoms with van der Waals surface area (Å²) in [6.45, 7) is 0.240. The van der Waals surface area contributed by atoms with Crippen LogP contribution >= 0.6 is 0 Å². The van der Waals surface area contributed by atoms with Gasteiger partial charge in [-0.3, -0.25) is 4.79 Å². The summed E-state index contributed by atoms with van der Waals surface area (Å²) in [4.78, 5) is 11.2. The Morgan fingerprint density at radius 1 is 1.33 bits per heavy atom. The van der Waals surface area contributed by atoms with Gasteiger partial charge in [0, 0.05) is 5.69 Å². The van der Waals surface area contributed by atoms with Crippen LogP contribution in [0.2, 0.25) is 0 Å². The minimum absolute atomic E-state index is 0.144. The Hall–Kier alpha value is -1.37. The molecular weight excluding hydrogens is 195 g/mol. The highest BCUT2D eigenvalue weighted by Crippen LogP contribution is 2.03. The van der Waals surface area contributed by atoms with Crippen molar-refractivity contribution in [3.05, 3.63) is 24.3 Å². The van der Waals surface area contributed by atoms with Crippen LogP contribution in [0.5, 0.6) is 0 Å². The smallest absolute Gasteiger partial charge is 0.423 e. The van der Waals surface area contributed by atoms with Crippen molar-refractivity contribution in [3.8, 4) is 0 Å². The summed E-state index contributed by atoms with van der Waals surface area (Å²) >= 11 is 0. The van der Waals surface area contributed by atoms with Gasteiger partial charge in [0.05, 0.1) is 6.54 Å². The predicted octanol–water partition coefficient (Wildman–Crippen LogP) is -1.48. The Bertz CT molecular complexity index is 327. The Balaban J connectivity index is 2.60. The Morgan fingerprint density at radius 2 is 1.93 bits per heavy atom. The molecule has 0 saturated heterocycles. The number of amides is 1. The lowest BCUT2D eigenvalue weighted by Gasteiger charge is -2.05. The number of benzene rings is 1. The van der Waals surface area contributed by atoms with Crippen molar-refractivity contribution in [3.63, 3.8) is 0 Å². The molecule has 0 bridgehead atoms. The zero-order valence-corrected chi connectivity index (χ0v) is 8.40. The quantitative estimate of drug-likeness (QED) is 0.455. The number of likely N-dealkylation sites (N-methyl/N-ethyl adjacent to an activating group) is 1. The summed E-state index contributed by atoms with van der Waals surface area (Å²) in [5.74, 6) is -0.144. The summed E-state index contributed by atoms with van der Waals surface area (Å²) in [6.07, 6.45) is 0. The molecule has 80 valence electrons. The molecule has 4 N–H and O–H groups in total. The lowest BCUT2D eigenvalue weighted by Crippen LogP contribution is -2.30. The van der Waals surface area contributed by atoms with Gasteiger partial charge in [0.15, 0.2) is 0 Å². The van der Waals surface area contributed by atoms with Crippen LogP contribution in [0, 0.1) is 0 Å². The van der Waals surface area contributed by atoms with Crippen molar-refractivity contribution in [2.45, 2.75) is 0 Å². The highest BCUT2D eigenvalue weighted by atomic mass is 16.4. The van der Waals surface area contributed by atoms with E-state index in [4.69, 9.17) is 10.0 Å². The normalized spacial score (nSPS) is 9.80. The highest BCUT2D eigenvalue weighted by Gasteiger charge is 2.09. The maximum atomic E-state index is 11.2. The van der Waals surface area contributed by atoms with Gasteiger partial charge < -0.3 is 20.7 Å². The van der Waals surface area contributed by atoms with Crippen LogP contribution in [-0.2, 0) is 4.79 Å². The largest absolute Gasteiger partial charge is 0.488 e. The molecule has 0 heterocycles. The second kappa shape index (κ2) is 5.50. The molecule has 1 aromatic rings. The molecule has 0 saturated carbocycles. The van der Waals surface area contributed by atoms with Crippen LogP contribution in [-0.4, -0.2) is 36.7 Å². The van der Waals surface area contributed by atoms with Gasteiger partial charge in [-0.1, -0.05) is 12.1 Å². The number of rotatable bonds is 4. The first-order chi connectivity index (χ1) is 7.13. The van der Waals surface area contributed by atoms with Gasteiger partial charge in [-0.15, -0.1) is 0 Å².